The largest absolute Gasteiger partial charge is 0.463 e. The van der Waals surface area contributed by atoms with Crippen molar-refractivity contribution < 1.29 is 14.3 Å². The number of hydrogen-bond acceptors (Lipinski definition) is 5. The Morgan fingerprint density at radius 3 is 3.06 bits per heavy atom. The molecule has 0 aromatic carbocycles. The third kappa shape index (κ3) is 3.68. The zero-order valence-electron chi connectivity index (χ0n) is 9.27. The highest BCUT2D eigenvalue weighted by Gasteiger charge is 2.38. The van der Waals surface area contributed by atoms with E-state index in [9.17, 15) is 4.79 Å². The smallest absolute Gasteiger partial charge is 0.302 e. The van der Waals surface area contributed by atoms with Gasteiger partial charge in [-0.25, -0.2) is 0 Å². The number of nitrogens with zero attached hydrogens (tertiary/aromatic N) is 1. The number of alkyl halides is 2. The molecule has 2 heterocycles. The first-order valence-corrected chi connectivity index (χ1v) is 8.08. The Morgan fingerprint density at radius 1 is 1.65 bits per heavy atom. The highest BCUT2D eigenvalue weighted by molar-refractivity contribution is 9.25. The van der Waals surface area contributed by atoms with Crippen LogP contribution in [-0.2, 0) is 14.3 Å². The molecule has 0 spiro atoms. The first-order valence-electron chi connectivity index (χ1n) is 5.37. The number of aliphatic imine (C=N–C) groups is 1. The normalized spacial score (nSPS) is 32.2. The summed E-state index contributed by atoms with van der Waals surface area (Å²) in [6.45, 7) is 1.76. The summed E-state index contributed by atoms with van der Waals surface area (Å²) in [6.07, 6.45) is 1.88. The van der Waals surface area contributed by atoms with Gasteiger partial charge in [0.2, 0.25) is 0 Å². The molecule has 2 rings (SSSR count). The van der Waals surface area contributed by atoms with Gasteiger partial charge in [0.25, 0.3) is 0 Å². The van der Waals surface area contributed by atoms with Gasteiger partial charge in [-0.05, 0) is 12.8 Å². The van der Waals surface area contributed by atoms with Gasteiger partial charge < -0.3 is 9.47 Å². The van der Waals surface area contributed by atoms with E-state index < -0.39 is 0 Å². The molecular formula is C10H13Br2NO3S. The molecule has 0 aromatic heterocycles. The molecule has 2 aliphatic rings. The van der Waals surface area contributed by atoms with Gasteiger partial charge in [0.1, 0.15) is 15.8 Å². The first-order chi connectivity index (χ1) is 8.06. The lowest BCUT2D eigenvalue weighted by molar-refractivity contribution is -0.147. The van der Waals surface area contributed by atoms with Crippen molar-refractivity contribution in [1.29, 1.82) is 0 Å². The van der Waals surface area contributed by atoms with E-state index in [1.54, 1.807) is 11.8 Å². The van der Waals surface area contributed by atoms with Gasteiger partial charge in [-0.1, -0.05) is 43.6 Å². The van der Waals surface area contributed by atoms with Crippen LogP contribution in [0.3, 0.4) is 0 Å². The molecule has 7 heteroatoms. The van der Waals surface area contributed by atoms with Crippen LogP contribution >= 0.6 is 43.6 Å². The maximum absolute atomic E-state index is 10.7. The molecule has 4 nitrogen and oxygen atoms in total. The maximum atomic E-state index is 10.7. The molecule has 0 amide bonds. The van der Waals surface area contributed by atoms with Crippen LogP contribution in [0, 0.1) is 0 Å². The van der Waals surface area contributed by atoms with Gasteiger partial charge in [-0.3, -0.25) is 9.79 Å². The minimum Gasteiger partial charge on any atom is -0.463 e. The lowest BCUT2D eigenvalue weighted by atomic mass is 10.1. The summed E-state index contributed by atoms with van der Waals surface area (Å²) in [6, 6.07) is 0.237. The van der Waals surface area contributed by atoms with Crippen LogP contribution in [-0.4, -0.2) is 38.9 Å². The van der Waals surface area contributed by atoms with Crippen molar-refractivity contribution >= 4 is 54.6 Å². The second-order valence-electron chi connectivity index (χ2n) is 3.96. The van der Waals surface area contributed by atoms with Gasteiger partial charge in [0, 0.05) is 6.92 Å². The molecule has 0 aromatic rings. The molecule has 0 aliphatic carbocycles. The number of carbonyl (C=O) groups is 1. The summed E-state index contributed by atoms with van der Waals surface area (Å²) in [5.74, 6) is -0.257. The van der Waals surface area contributed by atoms with E-state index >= 15 is 0 Å². The molecule has 96 valence electrons. The lowest BCUT2D eigenvalue weighted by Gasteiger charge is -2.30. The highest BCUT2D eigenvalue weighted by Crippen LogP contribution is 2.39. The molecule has 0 N–H and O–H groups in total. The minimum atomic E-state index is -0.257. The van der Waals surface area contributed by atoms with E-state index in [1.807, 2.05) is 0 Å². The molecular weight excluding hydrogens is 374 g/mol. The number of thioether (sulfide) groups is 1. The van der Waals surface area contributed by atoms with Crippen LogP contribution in [0.1, 0.15) is 19.8 Å². The van der Waals surface area contributed by atoms with E-state index in [-0.39, 0.29) is 27.3 Å². The van der Waals surface area contributed by atoms with Crippen molar-refractivity contribution in [1.82, 2.24) is 0 Å². The molecule has 0 saturated carbocycles. The Balaban J connectivity index is 1.84. The Morgan fingerprint density at radius 2 is 2.41 bits per heavy atom. The Bertz CT molecular complexity index is 338. The highest BCUT2D eigenvalue weighted by atomic mass is 79.9. The summed E-state index contributed by atoms with van der Waals surface area (Å²) >= 11 is 8.51. The predicted molar refractivity (Wildman–Crippen MR) is 75.0 cm³/mol. The van der Waals surface area contributed by atoms with Crippen molar-refractivity contribution in [2.45, 2.75) is 41.1 Å². The van der Waals surface area contributed by atoms with Gasteiger partial charge in [0.05, 0.1) is 17.2 Å². The molecule has 17 heavy (non-hydrogen) atoms. The lowest BCUT2D eigenvalue weighted by Crippen LogP contribution is -2.36. The summed E-state index contributed by atoms with van der Waals surface area (Å²) in [5, 5.41) is 1.02. The first kappa shape index (κ1) is 13.8. The van der Waals surface area contributed by atoms with Crippen molar-refractivity contribution in [2.24, 2.45) is 4.99 Å². The maximum Gasteiger partial charge on any atom is 0.302 e. The standard InChI is InChI=1S/C10H13Br2NO3S/c1-5(14)15-4-6-2-3-7-10(16-6)17-9(13-7)8(11)12/h6-8,10H,2-4H2,1H3/t6-,7-,10-/m1/s1. The second-order valence-corrected chi connectivity index (χ2v) is 8.14. The summed E-state index contributed by atoms with van der Waals surface area (Å²) < 4.78 is 10.9. The Kier molecular flexibility index (Phi) is 4.91. The summed E-state index contributed by atoms with van der Waals surface area (Å²) in [4.78, 5) is 15.3. The third-order valence-corrected chi connectivity index (χ3v) is 5.33. The summed E-state index contributed by atoms with van der Waals surface area (Å²) in [5.41, 5.74) is 0.0666. The van der Waals surface area contributed by atoms with Gasteiger partial charge in [0.15, 0.2) is 0 Å². The van der Waals surface area contributed by atoms with Crippen LogP contribution in [0.5, 0.6) is 0 Å². The van der Waals surface area contributed by atoms with Crippen LogP contribution in [0.2, 0.25) is 0 Å². The van der Waals surface area contributed by atoms with Crippen LogP contribution < -0.4 is 0 Å². The van der Waals surface area contributed by atoms with Gasteiger partial charge in [-0.2, -0.15) is 0 Å². The van der Waals surface area contributed by atoms with Crippen molar-refractivity contribution in [3.05, 3.63) is 0 Å². The van der Waals surface area contributed by atoms with E-state index in [1.165, 1.54) is 6.92 Å². The average molecular weight is 387 g/mol. The molecule has 2 aliphatic heterocycles. The molecule has 1 saturated heterocycles. The monoisotopic (exact) mass is 385 g/mol. The molecule has 3 atom stereocenters. The number of ether oxygens (including phenoxy) is 2. The molecule has 0 radical (unpaired) electrons. The Labute approximate surface area is 121 Å². The Hall–Kier alpha value is 0.410. The molecule has 1 fully saturated rings. The fourth-order valence-corrected chi connectivity index (χ4v) is 3.81. The average Bonchev–Trinajstić information content (AvgIpc) is 2.69. The number of rotatable bonds is 3. The summed E-state index contributed by atoms with van der Waals surface area (Å²) in [7, 11) is 0. The number of carbonyl (C=O) groups excluding carboxylic acids is 1. The zero-order valence-corrected chi connectivity index (χ0v) is 13.3. The molecule has 0 unspecified atom stereocenters. The fourth-order valence-electron chi connectivity index (χ4n) is 1.83. The van der Waals surface area contributed by atoms with Gasteiger partial charge in [-0.15, -0.1) is 0 Å². The molecule has 0 bridgehead atoms. The topological polar surface area (TPSA) is 47.9 Å². The van der Waals surface area contributed by atoms with Crippen molar-refractivity contribution in [2.75, 3.05) is 6.61 Å². The second kappa shape index (κ2) is 6.04. The van der Waals surface area contributed by atoms with Crippen LogP contribution in [0.4, 0.5) is 0 Å². The van der Waals surface area contributed by atoms with Crippen LogP contribution in [0.15, 0.2) is 4.99 Å². The quantitative estimate of drug-likeness (QED) is 0.552. The number of hydrogen-bond donors (Lipinski definition) is 0. The predicted octanol–water partition coefficient (Wildman–Crippen LogP) is 2.68. The van der Waals surface area contributed by atoms with E-state index in [2.05, 4.69) is 36.9 Å². The minimum absolute atomic E-state index is 0.00583. The number of halogens is 2. The van der Waals surface area contributed by atoms with E-state index in [0.717, 1.165) is 17.9 Å². The third-order valence-electron chi connectivity index (χ3n) is 2.61. The number of fused-ring (bicyclic) bond motifs is 1. The van der Waals surface area contributed by atoms with Gasteiger partial charge >= 0.3 is 5.97 Å². The van der Waals surface area contributed by atoms with Crippen molar-refractivity contribution in [3.8, 4) is 0 Å². The fraction of sp³-hybridized carbons (Fsp3) is 0.800. The van der Waals surface area contributed by atoms with E-state index in [0.29, 0.717) is 6.61 Å². The zero-order chi connectivity index (χ0) is 12.4. The SMILES string of the molecule is CC(=O)OC[C@H]1CC[C@H]2N=C(C(Br)Br)S[C@H]2O1. The number of esters is 1. The van der Waals surface area contributed by atoms with Crippen molar-refractivity contribution in [3.63, 3.8) is 0 Å². The van der Waals surface area contributed by atoms with E-state index in [4.69, 9.17) is 9.47 Å². The van der Waals surface area contributed by atoms with Crippen LogP contribution in [0.25, 0.3) is 0 Å².